The number of rotatable bonds is 43. The van der Waals surface area contributed by atoms with Crippen LogP contribution in [0.25, 0.3) is 0 Å². The smallest absolute Gasteiger partial charge is 0.306 e. The Kier molecular flexibility index (Phi) is 44.2. The van der Waals surface area contributed by atoms with Gasteiger partial charge < -0.3 is 20.3 Å². The summed E-state index contributed by atoms with van der Waals surface area (Å²) in [4.78, 5) is 26.1. The summed E-state index contributed by atoms with van der Waals surface area (Å²) >= 11 is 0. The van der Waals surface area contributed by atoms with Gasteiger partial charge in [-0.15, -0.1) is 0 Å². The van der Waals surface area contributed by atoms with Gasteiger partial charge in [0.1, 0.15) is 6.10 Å². The molecule has 0 heterocycles. The van der Waals surface area contributed by atoms with Gasteiger partial charge in [-0.1, -0.05) is 190 Å². The average molecular weight is 824 g/mol. The third kappa shape index (κ3) is 41.8. The molecule has 0 aliphatic carbocycles. The number of nitrogens with one attached hydrogen (secondary N) is 1. The highest BCUT2D eigenvalue weighted by Crippen LogP contribution is 2.17. The molecule has 0 aromatic heterocycles. The molecule has 59 heavy (non-hydrogen) atoms. The minimum Gasteiger partial charge on any atom is -0.462 e. The molecule has 340 valence electrons. The maximum Gasteiger partial charge on any atom is 0.306 e. The van der Waals surface area contributed by atoms with Crippen molar-refractivity contribution < 1.29 is 24.5 Å². The van der Waals surface area contributed by atoms with Crippen LogP contribution in [0, 0.1) is 0 Å². The molecule has 3 unspecified atom stereocenters. The highest BCUT2D eigenvalue weighted by Gasteiger charge is 2.24. The van der Waals surface area contributed by atoms with Crippen molar-refractivity contribution in [2.45, 2.75) is 244 Å². The van der Waals surface area contributed by atoms with Crippen LogP contribution in [0.1, 0.15) is 226 Å². The Labute approximate surface area is 364 Å². The van der Waals surface area contributed by atoms with Crippen LogP contribution in [-0.2, 0) is 14.3 Å². The molecule has 6 nitrogen and oxygen atoms in total. The quantitative estimate of drug-likeness (QED) is 0.0323. The average Bonchev–Trinajstić information content (AvgIpc) is 3.23. The first-order chi connectivity index (χ1) is 29.0. The molecule has 0 aliphatic heterocycles. The summed E-state index contributed by atoms with van der Waals surface area (Å²) in [6.07, 6.45) is 58.2. The van der Waals surface area contributed by atoms with Crippen LogP contribution in [0.2, 0.25) is 0 Å². The summed E-state index contributed by atoms with van der Waals surface area (Å²) in [6, 6.07) is -0.714. The monoisotopic (exact) mass is 824 g/mol. The first kappa shape index (κ1) is 56.3. The highest BCUT2D eigenvalue weighted by atomic mass is 16.5. The number of unbranched alkanes of at least 4 members (excludes halogenated alkanes) is 19. The van der Waals surface area contributed by atoms with Gasteiger partial charge in [-0.2, -0.15) is 0 Å². The van der Waals surface area contributed by atoms with E-state index in [1.807, 2.05) is 0 Å². The van der Waals surface area contributed by atoms with Crippen molar-refractivity contribution in [2.75, 3.05) is 6.61 Å². The number of esters is 1. The van der Waals surface area contributed by atoms with Gasteiger partial charge in [-0.25, -0.2) is 0 Å². The van der Waals surface area contributed by atoms with Crippen LogP contribution in [0.4, 0.5) is 0 Å². The molecule has 0 aliphatic rings. The van der Waals surface area contributed by atoms with Crippen LogP contribution >= 0.6 is 0 Å². The zero-order valence-corrected chi connectivity index (χ0v) is 38.6. The lowest BCUT2D eigenvalue weighted by Crippen LogP contribution is -2.46. The normalized spacial score (nSPS) is 13.9. The molecule has 0 fully saturated rings. The van der Waals surface area contributed by atoms with Gasteiger partial charge in [0.2, 0.25) is 5.91 Å². The van der Waals surface area contributed by atoms with E-state index in [1.54, 1.807) is 0 Å². The van der Waals surface area contributed by atoms with E-state index in [2.05, 4.69) is 99.0 Å². The number of hydrogen-bond acceptors (Lipinski definition) is 5. The second kappa shape index (κ2) is 46.4. The lowest BCUT2D eigenvalue weighted by atomic mass is 10.0. The first-order valence-electron chi connectivity index (χ1n) is 24.7. The van der Waals surface area contributed by atoms with Crippen molar-refractivity contribution in [1.29, 1.82) is 0 Å². The molecule has 0 saturated heterocycles. The second-order valence-corrected chi connectivity index (χ2v) is 16.5. The van der Waals surface area contributed by atoms with Gasteiger partial charge >= 0.3 is 5.97 Å². The van der Waals surface area contributed by atoms with E-state index in [0.29, 0.717) is 19.3 Å². The minimum absolute atomic E-state index is 0.0522. The van der Waals surface area contributed by atoms with E-state index in [1.165, 1.54) is 70.6 Å². The Hall–Kier alpha value is -2.70. The Bertz CT molecular complexity index is 1110. The second-order valence-electron chi connectivity index (χ2n) is 16.5. The van der Waals surface area contributed by atoms with E-state index in [9.17, 15) is 19.8 Å². The molecule has 0 aromatic rings. The molecule has 3 N–H and O–H groups in total. The fraction of sp³-hybridized carbons (Fsp3) is 0.736. The summed E-state index contributed by atoms with van der Waals surface area (Å²) < 4.78 is 5.90. The van der Waals surface area contributed by atoms with Crippen LogP contribution in [0.5, 0.6) is 0 Å². The van der Waals surface area contributed by atoms with Crippen molar-refractivity contribution >= 4 is 11.9 Å². The predicted octanol–water partition coefficient (Wildman–Crippen LogP) is 14.6. The zero-order chi connectivity index (χ0) is 43.1. The Morgan fingerprint density at radius 1 is 0.508 bits per heavy atom. The lowest BCUT2D eigenvalue weighted by molar-refractivity contribution is -0.151. The number of ether oxygens (including phenoxy) is 1. The lowest BCUT2D eigenvalue weighted by Gasteiger charge is -2.24. The number of aliphatic hydroxyl groups is 2. The first-order valence-corrected chi connectivity index (χ1v) is 24.7. The van der Waals surface area contributed by atoms with Gasteiger partial charge in [0.05, 0.1) is 25.2 Å². The molecule has 0 radical (unpaired) electrons. The minimum atomic E-state index is -0.798. The molecular formula is C53H93NO5. The summed E-state index contributed by atoms with van der Waals surface area (Å²) in [5.74, 6) is -0.529. The Balaban J connectivity index is 4.68. The largest absolute Gasteiger partial charge is 0.462 e. The third-order valence-electron chi connectivity index (χ3n) is 10.8. The van der Waals surface area contributed by atoms with Crippen molar-refractivity contribution in [3.63, 3.8) is 0 Å². The van der Waals surface area contributed by atoms with E-state index in [4.69, 9.17) is 4.74 Å². The molecule has 0 bridgehead atoms. The van der Waals surface area contributed by atoms with Crippen molar-refractivity contribution in [2.24, 2.45) is 0 Å². The maximum atomic E-state index is 13.2. The zero-order valence-electron chi connectivity index (χ0n) is 38.6. The standard InChI is InChI=1S/C53H93NO5/c1-4-7-10-13-16-19-21-23-25-27-29-31-34-37-40-43-46-53(58)59-49(44-41-38-35-33-30-28-26-24-22-20-17-14-11-8-5-2)47-52(57)54-50(48-55)51(56)45-42-39-36-32-18-15-12-9-6-3/h7,10,16-17,19-20,23-26,29,31,49-51,55-56H,4-6,8-9,11-15,18,21-22,27-28,30,32-48H2,1-3H3,(H,54,57)/b10-7+,19-16+,20-17-,25-23+,26-24-,31-29+. The Morgan fingerprint density at radius 3 is 1.42 bits per heavy atom. The Morgan fingerprint density at radius 2 is 0.915 bits per heavy atom. The molecular weight excluding hydrogens is 731 g/mol. The van der Waals surface area contributed by atoms with E-state index >= 15 is 0 Å². The van der Waals surface area contributed by atoms with Crippen LogP contribution < -0.4 is 5.32 Å². The summed E-state index contributed by atoms with van der Waals surface area (Å²) in [7, 11) is 0. The van der Waals surface area contributed by atoms with Gasteiger partial charge in [-0.05, 0) is 96.3 Å². The third-order valence-corrected chi connectivity index (χ3v) is 10.8. The molecule has 0 rings (SSSR count). The number of carbonyl (C=O) groups excluding carboxylic acids is 2. The maximum absolute atomic E-state index is 13.2. The van der Waals surface area contributed by atoms with Crippen LogP contribution in [0.3, 0.4) is 0 Å². The predicted molar refractivity (Wildman–Crippen MR) is 255 cm³/mol. The summed E-state index contributed by atoms with van der Waals surface area (Å²) in [6.45, 7) is 6.30. The van der Waals surface area contributed by atoms with E-state index in [-0.39, 0.29) is 24.9 Å². The molecule has 6 heteroatoms. The molecule has 1 amide bonds. The number of hydrogen-bond donors (Lipinski definition) is 3. The molecule has 0 spiro atoms. The van der Waals surface area contributed by atoms with Crippen LogP contribution in [-0.4, -0.2) is 46.9 Å². The number of carbonyl (C=O) groups is 2. The fourth-order valence-electron chi connectivity index (χ4n) is 7.04. The van der Waals surface area contributed by atoms with Gasteiger partial charge in [0, 0.05) is 6.42 Å². The summed E-state index contributed by atoms with van der Waals surface area (Å²) in [5, 5.41) is 23.6. The van der Waals surface area contributed by atoms with Gasteiger partial charge in [0.25, 0.3) is 0 Å². The van der Waals surface area contributed by atoms with Crippen LogP contribution in [0.15, 0.2) is 72.9 Å². The van der Waals surface area contributed by atoms with Crippen molar-refractivity contribution in [3.05, 3.63) is 72.9 Å². The topological polar surface area (TPSA) is 95.9 Å². The SMILES string of the molecule is CC/C=C/C/C=C/C/C=C/C/C=C/CCCCCC(=O)OC(CCCCCCC/C=C\C/C=C\CCCCC)CC(=O)NC(CO)C(O)CCCCCCCCCCC. The molecule has 0 aromatic carbocycles. The van der Waals surface area contributed by atoms with Gasteiger partial charge in [-0.3, -0.25) is 9.59 Å². The van der Waals surface area contributed by atoms with Crippen molar-refractivity contribution in [3.8, 4) is 0 Å². The van der Waals surface area contributed by atoms with Gasteiger partial charge in [0.15, 0.2) is 0 Å². The fourth-order valence-corrected chi connectivity index (χ4v) is 7.04. The molecule has 0 saturated carbocycles. The van der Waals surface area contributed by atoms with E-state index in [0.717, 1.165) is 109 Å². The number of allylic oxidation sites excluding steroid dienone is 12. The molecule has 3 atom stereocenters. The summed E-state index contributed by atoms with van der Waals surface area (Å²) in [5.41, 5.74) is 0. The number of amides is 1. The van der Waals surface area contributed by atoms with E-state index < -0.39 is 18.2 Å². The number of aliphatic hydroxyl groups excluding tert-OH is 2. The van der Waals surface area contributed by atoms with Crippen molar-refractivity contribution in [1.82, 2.24) is 5.32 Å². The highest BCUT2D eigenvalue weighted by molar-refractivity contribution is 5.77.